The fourth-order valence-electron chi connectivity index (χ4n) is 1.40. The highest BCUT2D eigenvalue weighted by atomic mass is 35.5. The molecule has 0 aliphatic rings. The lowest BCUT2D eigenvalue weighted by Crippen LogP contribution is -2.40. The number of aliphatic carboxylic acids is 1. The molecule has 0 fully saturated rings. The lowest BCUT2D eigenvalue weighted by atomic mass is 10.3. The highest BCUT2D eigenvalue weighted by Gasteiger charge is 2.19. The van der Waals surface area contributed by atoms with Crippen LogP contribution in [0.4, 0.5) is 0 Å². The first kappa shape index (κ1) is 14.5. The van der Waals surface area contributed by atoms with E-state index in [1.54, 1.807) is 0 Å². The molecule has 0 saturated carbocycles. The Bertz CT molecular complexity index is 431. The molecule has 0 atom stereocenters. The van der Waals surface area contributed by atoms with Gasteiger partial charge in [0.2, 0.25) is 0 Å². The van der Waals surface area contributed by atoms with Crippen LogP contribution in [0, 0.1) is 0 Å². The van der Waals surface area contributed by atoms with E-state index in [2.05, 4.69) is 4.98 Å². The van der Waals surface area contributed by atoms with Gasteiger partial charge in [0.15, 0.2) is 0 Å². The lowest BCUT2D eigenvalue weighted by Gasteiger charge is -2.22. The zero-order chi connectivity index (χ0) is 13.7. The number of amides is 1. The third kappa shape index (κ3) is 4.38. The molecule has 0 saturated heterocycles. The summed E-state index contributed by atoms with van der Waals surface area (Å²) in [6.45, 7) is 0.603. The summed E-state index contributed by atoms with van der Waals surface area (Å²) in [5, 5.41) is 9.22. The molecule has 0 bridgehead atoms. The van der Waals surface area contributed by atoms with E-state index in [-0.39, 0.29) is 12.5 Å². The van der Waals surface area contributed by atoms with E-state index in [4.69, 9.17) is 16.7 Å². The summed E-state index contributed by atoms with van der Waals surface area (Å²) in [7, 11) is 3.71. The molecule has 0 spiro atoms. The van der Waals surface area contributed by atoms with Gasteiger partial charge in [0.1, 0.15) is 12.2 Å². The van der Waals surface area contributed by atoms with E-state index >= 15 is 0 Å². The average Bonchev–Trinajstić information content (AvgIpc) is 2.69. The number of nitrogens with zero attached hydrogens (tertiary/aromatic N) is 2. The summed E-state index contributed by atoms with van der Waals surface area (Å²) >= 11 is 5.72. The molecule has 0 radical (unpaired) electrons. The molecule has 0 aliphatic carbocycles. The first-order valence-electron chi connectivity index (χ1n) is 5.40. The van der Waals surface area contributed by atoms with Crippen LogP contribution in [0.15, 0.2) is 12.3 Å². The minimum atomic E-state index is -1.04. The smallest absolute Gasteiger partial charge is 0.323 e. The van der Waals surface area contributed by atoms with Crippen LogP contribution in [-0.2, 0) is 4.79 Å². The van der Waals surface area contributed by atoms with Crippen LogP contribution in [0.2, 0.25) is 5.02 Å². The second-order valence-electron chi connectivity index (χ2n) is 4.16. The van der Waals surface area contributed by atoms with Gasteiger partial charge in [0, 0.05) is 19.3 Å². The summed E-state index contributed by atoms with van der Waals surface area (Å²) in [6.07, 6.45) is 1.49. The minimum Gasteiger partial charge on any atom is -0.480 e. The molecule has 1 aromatic heterocycles. The number of carbonyl (C=O) groups excluding carboxylic acids is 1. The number of halogens is 1. The second-order valence-corrected chi connectivity index (χ2v) is 4.59. The summed E-state index contributed by atoms with van der Waals surface area (Å²) < 4.78 is 0. The van der Waals surface area contributed by atoms with Gasteiger partial charge in [-0.2, -0.15) is 0 Å². The molecule has 0 aromatic carbocycles. The normalized spacial score (nSPS) is 10.7. The SMILES string of the molecule is CN(C)CCN(CC(=O)O)C(=O)c1cc(Cl)c[nH]1. The number of carbonyl (C=O) groups is 2. The van der Waals surface area contributed by atoms with E-state index in [1.807, 2.05) is 19.0 Å². The first-order valence-corrected chi connectivity index (χ1v) is 5.77. The molecular formula is C11H16ClN3O3. The number of carboxylic acid groups (broad SMARTS) is 1. The van der Waals surface area contributed by atoms with Crippen molar-refractivity contribution in [3.8, 4) is 0 Å². The standard InChI is InChI=1S/C11H16ClN3O3/c1-14(2)3-4-15(7-10(16)17)11(18)9-5-8(12)6-13-9/h5-6,13H,3-4,7H2,1-2H3,(H,16,17). The number of rotatable bonds is 6. The van der Waals surface area contributed by atoms with E-state index in [9.17, 15) is 9.59 Å². The molecule has 100 valence electrons. The van der Waals surface area contributed by atoms with Crippen LogP contribution in [0.3, 0.4) is 0 Å². The zero-order valence-corrected chi connectivity index (χ0v) is 11.1. The van der Waals surface area contributed by atoms with Gasteiger partial charge in [-0.1, -0.05) is 11.6 Å². The van der Waals surface area contributed by atoms with Crippen LogP contribution >= 0.6 is 11.6 Å². The number of hydrogen-bond acceptors (Lipinski definition) is 3. The highest BCUT2D eigenvalue weighted by molar-refractivity contribution is 6.30. The van der Waals surface area contributed by atoms with Gasteiger partial charge in [-0.25, -0.2) is 0 Å². The predicted molar refractivity (Wildman–Crippen MR) is 67.9 cm³/mol. The minimum absolute atomic E-state index is 0.292. The van der Waals surface area contributed by atoms with Crippen molar-refractivity contribution >= 4 is 23.5 Å². The number of H-pyrrole nitrogens is 1. The summed E-state index contributed by atoms with van der Waals surface area (Å²) in [4.78, 5) is 28.7. The molecule has 6 nitrogen and oxygen atoms in total. The van der Waals surface area contributed by atoms with Gasteiger partial charge in [-0.15, -0.1) is 0 Å². The largest absolute Gasteiger partial charge is 0.480 e. The maximum Gasteiger partial charge on any atom is 0.323 e. The van der Waals surface area contributed by atoms with Gasteiger partial charge in [-0.3, -0.25) is 9.59 Å². The van der Waals surface area contributed by atoms with Gasteiger partial charge in [0.25, 0.3) is 5.91 Å². The molecule has 7 heteroatoms. The molecule has 0 aliphatic heterocycles. The van der Waals surface area contributed by atoms with Gasteiger partial charge < -0.3 is 19.9 Å². The molecular weight excluding hydrogens is 258 g/mol. The number of aromatic nitrogens is 1. The van der Waals surface area contributed by atoms with Crippen molar-refractivity contribution in [3.05, 3.63) is 23.0 Å². The number of nitrogens with one attached hydrogen (secondary N) is 1. The summed E-state index contributed by atoms with van der Waals surface area (Å²) in [6, 6.07) is 1.48. The molecule has 18 heavy (non-hydrogen) atoms. The van der Waals surface area contributed by atoms with Crippen LogP contribution < -0.4 is 0 Å². The second kappa shape index (κ2) is 6.42. The van der Waals surface area contributed by atoms with Crippen molar-refractivity contribution < 1.29 is 14.7 Å². The Morgan fingerprint density at radius 2 is 2.06 bits per heavy atom. The van der Waals surface area contributed by atoms with Crippen molar-refractivity contribution in [2.24, 2.45) is 0 Å². The third-order valence-corrected chi connectivity index (χ3v) is 2.53. The Labute approximate surface area is 110 Å². The quantitative estimate of drug-likeness (QED) is 0.802. The van der Waals surface area contributed by atoms with Crippen molar-refractivity contribution in [2.45, 2.75) is 0 Å². The number of aromatic amines is 1. The maximum absolute atomic E-state index is 12.1. The van der Waals surface area contributed by atoms with Crippen LogP contribution in [-0.4, -0.2) is 65.5 Å². The molecule has 2 N–H and O–H groups in total. The van der Waals surface area contributed by atoms with Crippen molar-refractivity contribution in [2.75, 3.05) is 33.7 Å². The fraction of sp³-hybridized carbons (Fsp3) is 0.455. The van der Waals surface area contributed by atoms with Gasteiger partial charge in [0.05, 0.1) is 5.02 Å². The average molecular weight is 274 g/mol. The third-order valence-electron chi connectivity index (χ3n) is 2.31. The Morgan fingerprint density at radius 1 is 1.39 bits per heavy atom. The Kier molecular flexibility index (Phi) is 5.18. The molecule has 1 amide bonds. The Hall–Kier alpha value is -1.53. The molecule has 1 aromatic rings. The van der Waals surface area contributed by atoms with Crippen molar-refractivity contribution in [3.63, 3.8) is 0 Å². The maximum atomic E-state index is 12.1. The zero-order valence-electron chi connectivity index (χ0n) is 10.3. The number of hydrogen-bond donors (Lipinski definition) is 2. The number of likely N-dealkylation sites (N-methyl/N-ethyl adjacent to an activating group) is 1. The van der Waals surface area contributed by atoms with Crippen molar-refractivity contribution in [1.82, 2.24) is 14.8 Å². The predicted octanol–water partition coefficient (Wildman–Crippen LogP) is 0.757. The van der Waals surface area contributed by atoms with E-state index < -0.39 is 5.97 Å². The monoisotopic (exact) mass is 273 g/mol. The molecule has 0 unspecified atom stereocenters. The van der Waals surface area contributed by atoms with Crippen LogP contribution in [0.1, 0.15) is 10.5 Å². The van der Waals surface area contributed by atoms with Gasteiger partial charge in [-0.05, 0) is 20.2 Å². The first-order chi connectivity index (χ1) is 8.40. The summed E-state index contributed by atoms with van der Waals surface area (Å²) in [5.74, 6) is -1.41. The van der Waals surface area contributed by atoms with E-state index in [0.717, 1.165) is 0 Å². The fourth-order valence-corrected chi connectivity index (χ4v) is 1.56. The lowest BCUT2D eigenvalue weighted by molar-refractivity contribution is -0.137. The van der Waals surface area contributed by atoms with E-state index in [0.29, 0.717) is 23.8 Å². The Balaban J connectivity index is 2.75. The van der Waals surface area contributed by atoms with Gasteiger partial charge >= 0.3 is 5.97 Å². The topological polar surface area (TPSA) is 76.6 Å². The summed E-state index contributed by atoms with van der Waals surface area (Å²) in [5.41, 5.74) is 0.292. The molecule has 1 heterocycles. The van der Waals surface area contributed by atoms with Crippen molar-refractivity contribution in [1.29, 1.82) is 0 Å². The van der Waals surface area contributed by atoms with E-state index in [1.165, 1.54) is 17.2 Å². The van der Waals surface area contributed by atoms with Crippen LogP contribution in [0.25, 0.3) is 0 Å². The highest BCUT2D eigenvalue weighted by Crippen LogP contribution is 2.11. The Morgan fingerprint density at radius 3 is 2.50 bits per heavy atom. The molecule has 1 rings (SSSR count). The van der Waals surface area contributed by atoms with Crippen LogP contribution in [0.5, 0.6) is 0 Å². The number of carboxylic acids is 1.